The Labute approximate surface area is 62.6 Å². The average Bonchev–Trinajstić information content (AvgIpc) is 2.44. The van der Waals surface area contributed by atoms with Gasteiger partial charge in [0.1, 0.15) is 0 Å². The third kappa shape index (κ3) is 0.681. The lowest BCUT2D eigenvalue weighted by atomic mass is 9.94. The molecular weight excluding hydrogens is 120 g/mol. The van der Waals surface area contributed by atoms with Crippen molar-refractivity contribution in [3.8, 4) is 0 Å². The fourth-order valence-electron chi connectivity index (χ4n) is 2.39. The molecule has 1 fully saturated rings. The van der Waals surface area contributed by atoms with Gasteiger partial charge in [-0.25, -0.2) is 0 Å². The van der Waals surface area contributed by atoms with Gasteiger partial charge in [-0.05, 0) is 32.6 Å². The summed E-state index contributed by atoms with van der Waals surface area (Å²) in [4.78, 5) is 0. The van der Waals surface area contributed by atoms with E-state index >= 15 is 0 Å². The highest BCUT2D eigenvalue weighted by Crippen LogP contribution is 2.46. The molecule has 1 saturated carbocycles. The molecule has 2 unspecified atom stereocenters. The Kier molecular flexibility index (Phi) is 1.23. The van der Waals surface area contributed by atoms with Gasteiger partial charge in [-0.15, -0.1) is 0 Å². The third-order valence-corrected chi connectivity index (χ3v) is 2.90. The molecule has 54 valence electrons. The lowest BCUT2D eigenvalue weighted by Crippen LogP contribution is -1.97. The van der Waals surface area contributed by atoms with Gasteiger partial charge in [0.25, 0.3) is 0 Å². The van der Waals surface area contributed by atoms with Crippen LogP contribution in [0.1, 0.15) is 26.7 Å². The van der Waals surface area contributed by atoms with Crippen LogP contribution in [0.15, 0.2) is 23.3 Å². The van der Waals surface area contributed by atoms with Crippen molar-refractivity contribution in [1.29, 1.82) is 0 Å². The van der Waals surface area contributed by atoms with Gasteiger partial charge in [0.2, 0.25) is 0 Å². The van der Waals surface area contributed by atoms with Crippen LogP contribution in [0.2, 0.25) is 0 Å². The summed E-state index contributed by atoms with van der Waals surface area (Å²) >= 11 is 0. The van der Waals surface area contributed by atoms with Crippen LogP contribution in [-0.2, 0) is 0 Å². The van der Waals surface area contributed by atoms with E-state index in [1.165, 1.54) is 12.8 Å². The van der Waals surface area contributed by atoms with Crippen molar-refractivity contribution in [1.82, 2.24) is 0 Å². The van der Waals surface area contributed by atoms with Crippen LogP contribution >= 0.6 is 0 Å². The molecule has 0 aromatic carbocycles. The van der Waals surface area contributed by atoms with Gasteiger partial charge in [0.15, 0.2) is 0 Å². The van der Waals surface area contributed by atoms with E-state index in [0.717, 1.165) is 11.8 Å². The third-order valence-electron chi connectivity index (χ3n) is 2.90. The molecule has 2 aliphatic rings. The second-order valence-electron chi connectivity index (χ2n) is 3.53. The fraction of sp³-hybridized carbons (Fsp3) is 0.600. The molecular formula is C10H14. The number of hydrogen-bond donors (Lipinski definition) is 0. The van der Waals surface area contributed by atoms with E-state index in [1.54, 1.807) is 11.1 Å². The quantitative estimate of drug-likeness (QED) is 0.447. The van der Waals surface area contributed by atoms with Gasteiger partial charge in [-0.1, -0.05) is 23.3 Å². The topological polar surface area (TPSA) is 0 Å². The van der Waals surface area contributed by atoms with Crippen LogP contribution < -0.4 is 0 Å². The minimum atomic E-state index is 0.843. The molecule has 0 N–H and O–H groups in total. The minimum Gasteiger partial charge on any atom is -0.0878 e. The van der Waals surface area contributed by atoms with Crippen molar-refractivity contribution in [3.05, 3.63) is 23.3 Å². The Bertz CT molecular complexity index is 208. The Morgan fingerprint density at radius 1 is 1.60 bits per heavy atom. The second-order valence-corrected chi connectivity index (χ2v) is 3.53. The first-order chi connectivity index (χ1) is 4.81. The van der Waals surface area contributed by atoms with Gasteiger partial charge in [0, 0.05) is 5.92 Å². The Morgan fingerprint density at radius 3 is 2.80 bits per heavy atom. The van der Waals surface area contributed by atoms with E-state index in [0.29, 0.717) is 0 Å². The maximum absolute atomic E-state index is 2.46. The molecule has 2 bridgehead atoms. The standard InChI is InChI=1S/C10H14/c1-3-9-5-8-4-7(2)10(9)6-8/h3-4,8,10H,5-6H2,1-2H3. The molecule has 2 atom stereocenters. The highest BCUT2D eigenvalue weighted by molar-refractivity contribution is 5.32. The number of fused-ring (bicyclic) bond motifs is 2. The summed E-state index contributed by atoms with van der Waals surface area (Å²) < 4.78 is 0. The van der Waals surface area contributed by atoms with Gasteiger partial charge < -0.3 is 0 Å². The lowest BCUT2D eigenvalue weighted by Gasteiger charge is -2.11. The second kappa shape index (κ2) is 1.98. The minimum absolute atomic E-state index is 0.843. The first-order valence-electron chi connectivity index (χ1n) is 4.14. The largest absolute Gasteiger partial charge is 0.0878 e. The van der Waals surface area contributed by atoms with Crippen LogP contribution in [0.25, 0.3) is 0 Å². The normalized spacial score (nSPS) is 41.0. The predicted octanol–water partition coefficient (Wildman–Crippen LogP) is 2.92. The first kappa shape index (κ1) is 6.21. The summed E-state index contributed by atoms with van der Waals surface area (Å²) in [7, 11) is 0. The molecule has 0 heterocycles. The van der Waals surface area contributed by atoms with Crippen LogP contribution in [0.4, 0.5) is 0 Å². The molecule has 0 aromatic heterocycles. The zero-order chi connectivity index (χ0) is 7.14. The number of hydrogen-bond acceptors (Lipinski definition) is 0. The molecule has 0 amide bonds. The Morgan fingerprint density at radius 2 is 2.40 bits per heavy atom. The van der Waals surface area contributed by atoms with Gasteiger partial charge >= 0.3 is 0 Å². The summed E-state index contributed by atoms with van der Waals surface area (Å²) in [5.41, 5.74) is 3.30. The van der Waals surface area contributed by atoms with Crippen LogP contribution in [0, 0.1) is 11.8 Å². The number of allylic oxidation sites excluding steroid dienone is 4. The molecule has 0 heteroatoms. The number of rotatable bonds is 0. The molecule has 0 radical (unpaired) electrons. The lowest BCUT2D eigenvalue weighted by molar-refractivity contribution is 0.687. The predicted molar refractivity (Wildman–Crippen MR) is 43.7 cm³/mol. The molecule has 2 aliphatic carbocycles. The highest BCUT2D eigenvalue weighted by atomic mass is 14.4. The van der Waals surface area contributed by atoms with Crippen molar-refractivity contribution in [3.63, 3.8) is 0 Å². The monoisotopic (exact) mass is 134 g/mol. The Hall–Kier alpha value is -0.520. The summed E-state index contributed by atoms with van der Waals surface area (Å²) in [6.07, 6.45) is 7.52. The zero-order valence-electron chi connectivity index (χ0n) is 6.72. The average molecular weight is 134 g/mol. The van der Waals surface area contributed by atoms with Crippen LogP contribution in [0.3, 0.4) is 0 Å². The highest BCUT2D eigenvalue weighted by Gasteiger charge is 2.33. The zero-order valence-corrected chi connectivity index (χ0v) is 6.72. The van der Waals surface area contributed by atoms with E-state index in [2.05, 4.69) is 26.0 Å². The van der Waals surface area contributed by atoms with E-state index < -0.39 is 0 Å². The molecule has 0 spiro atoms. The summed E-state index contributed by atoms with van der Waals surface area (Å²) in [5, 5.41) is 0. The van der Waals surface area contributed by atoms with Crippen LogP contribution in [-0.4, -0.2) is 0 Å². The van der Waals surface area contributed by atoms with Crippen molar-refractivity contribution in [2.24, 2.45) is 11.8 Å². The molecule has 0 aliphatic heterocycles. The maximum Gasteiger partial charge on any atom is 0.00101 e. The molecule has 0 aromatic rings. The molecule has 0 nitrogen and oxygen atoms in total. The van der Waals surface area contributed by atoms with E-state index in [4.69, 9.17) is 0 Å². The van der Waals surface area contributed by atoms with Crippen molar-refractivity contribution >= 4 is 0 Å². The van der Waals surface area contributed by atoms with Gasteiger partial charge in [-0.3, -0.25) is 0 Å². The van der Waals surface area contributed by atoms with E-state index in [-0.39, 0.29) is 0 Å². The summed E-state index contributed by atoms with van der Waals surface area (Å²) in [6, 6.07) is 0. The van der Waals surface area contributed by atoms with Gasteiger partial charge in [0.05, 0.1) is 0 Å². The molecule has 10 heavy (non-hydrogen) atoms. The van der Waals surface area contributed by atoms with Crippen molar-refractivity contribution in [2.45, 2.75) is 26.7 Å². The SMILES string of the molecule is CC=C1CC2C=C(C)C1C2. The fourth-order valence-corrected chi connectivity index (χ4v) is 2.39. The maximum atomic E-state index is 2.46. The summed E-state index contributed by atoms with van der Waals surface area (Å²) in [6.45, 7) is 4.44. The first-order valence-corrected chi connectivity index (χ1v) is 4.14. The smallest absolute Gasteiger partial charge is 0.00101 e. The molecule has 0 saturated heterocycles. The van der Waals surface area contributed by atoms with Gasteiger partial charge in [-0.2, -0.15) is 0 Å². The Balaban J connectivity index is 2.32. The van der Waals surface area contributed by atoms with E-state index in [9.17, 15) is 0 Å². The van der Waals surface area contributed by atoms with E-state index in [1.807, 2.05) is 0 Å². The molecule has 2 rings (SSSR count). The van der Waals surface area contributed by atoms with Crippen molar-refractivity contribution in [2.75, 3.05) is 0 Å². The van der Waals surface area contributed by atoms with Crippen molar-refractivity contribution < 1.29 is 0 Å². The summed E-state index contributed by atoms with van der Waals surface area (Å²) in [5.74, 6) is 1.74. The van der Waals surface area contributed by atoms with Crippen LogP contribution in [0.5, 0.6) is 0 Å².